The number of nitrogen functional groups attached to an aromatic ring is 1. The highest BCUT2D eigenvalue weighted by molar-refractivity contribution is 7.17. The zero-order valence-electron chi connectivity index (χ0n) is 17.2. The highest BCUT2D eigenvalue weighted by atomic mass is 32.1. The van der Waals surface area contributed by atoms with Crippen LogP contribution in [0.4, 0.5) is 17.2 Å². The zero-order valence-corrected chi connectivity index (χ0v) is 18.0. The van der Waals surface area contributed by atoms with Crippen LogP contribution in [0.3, 0.4) is 0 Å². The number of aliphatic hydroxyl groups is 1. The lowest BCUT2D eigenvalue weighted by Gasteiger charge is -2.20. The quantitative estimate of drug-likeness (QED) is 0.220. The summed E-state index contributed by atoms with van der Waals surface area (Å²) in [5, 5.41) is 27.2. The zero-order chi connectivity index (χ0) is 22.0. The number of hydrogen-bond acceptors (Lipinski definition) is 9. The van der Waals surface area contributed by atoms with Gasteiger partial charge in [-0.25, -0.2) is 9.97 Å². The standard InChI is InChI=1S/C22H23N7OS/c1-12-6-7-17(25-9-14-5-3-4-13(2)28-14)15(8-23)18(12)29-22(30)16-10-31-20-19(16)26-11-27-21(20)24/h3-8,10-11,22-23,25,29-30H,9H2,1-2H3,(H2,24,26,27). The predicted molar refractivity (Wildman–Crippen MR) is 126 cm³/mol. The average molecular weight is 434 g/mol. The number of anilines is 3. The third-order valence-electron chi connectivity index (χ3n) is 4.99. The fraction of sp³-hybridized carbons (Fsp3) is 0.182. The van der Waals surface area contributed by atoms with Crippen molar-refractivity contribution in [3.8, 4) is 0 Å². The molecule has 0 spiro atoms. The maximum absolute atomic E-state index is 10.9. The van der Waals surface area contributed by atoms with Gasteiger partial charge >= 0.3 is 0 Å². The van der Waals surface area contributed by atoms with Gasteiger partial charge in [-0.05, 0) is 37.6 Å². The number of nitrogens with one attached hydrogen (secondary N) is 3. The monoisotopic (exact) mass is 433 g/mol. The minimum atomic E-state index is -1.02. The molecular formula is C22H23N7OS. The van der Waals surface area contributed by atoms with E-state index in [2.05, 4.69) is 25.6 Å². The third-order valence-corrected chi connectivity index (χ3v) is 6.00. The molecule has 8 nitrogen and oxygen atoms in total. The van der Waals surface area contributed by atoms with Crippen LogP contribution < -0.4 is 16.4 Å². The minimum absolute atomic E-state index is 0.390. The van der Waals surface area contributed by atoms with Crippen molar-refractivity contribution in [1.29, 1.82) is 5.41 Å². The molecule has 1 atom stereocenters. The lowest BCUT2D eigenvalue weighted by Crippen LogP contribution is -2.14. The molecule has 158 valence electrons. The smallest absolute Gasteiger partial charge is 0.153 e. The molecule has 9 heteroatoms. The Morgan fingerprint density at radius 2 is 2.06 bits per heavy atom. The van der Waals surface area contributed by atoms with Crippen LogP contribution in [-0.4, -0.2) is 26.3 Å². The second kappa shape index (κ2) is 8.66. The Morgan fingerprint density at radius 3 is 2.84 bits per heavy atom. The summed E-state index contributed by atoms with van der Waals surface area (Å²) >= 11 is 1.39. The maximum atomic E-state index is 10.9. The van der Waals surface area contributed by atoms with Gasteiger partial charge in [-0.15, -0.1) is 11.3 Å². The van der Waals surface area contributed by atoms with Crippen molar-refractivity contribution in [1.82, 2.24) is 15.0 Å². The van der Waals surface area contributed by atoms with E-state index in [4.69, 9.17) is 11.1 Å². The van der Waals surface area contributed by atoms with Crippen molar-refractivity contribution in [2.45, 2.75) is 26.6 Å². The van der Waals surface area contributed by atoms with Gasteiger partial charge in [0.05, 0.1) is 28.1 Å². The summed E-state index contributed by atoms with van der Waals surface area (Å²) in [4.78, 5) is 12.8. The van der Waals surface area contributed by atoms with E-state index in [1.165, 1.54) is 23.9 Å². The number of nitrogens with two attached hydrogens (primary N) is 1. The van der Waals surface area contributed by atoms with Crippen LogP contribution in [0.25, 0.3) is 10.2 Å². The Hall–Kier alpha value is -3.56. The van der Waals surface area contributed by atoms with E-state index in [1.54, 1.807) is 0 Å². The van der Waals surface area contributed by atoms with Crippen LogP contribution in [-0.2, 0) is 6.54 Å². The average Bonchev–Trinajstić information content (AvgIpc) is 3.20. The van der Waals surface area contributed by atoms with Crippen LogP contribution >= 0.6 is 11.3 Å². The first-order valence-corrected chi connectivity index (χ1v) is 10.6. The molecule has 0 saturated heterocycles. The number of hydrogen-bond donors (Lipinski definition) is 5. The molecule has 0 radical (unpaired) electrons. The summed E-state index contributed by atoms with van der Waals surface area (Å²) in [6.07, 6.45) is 1.65. The molecule has 6 N–H and O–H groups in total. The number of pyridine rings is 1. The number of rotatable bonds is 7. The second-order valence-electron chi connectivity index (χ2n) is 7.16. The molecule has 0 saturated carbocycles. The van der Waals surface area contributed by atoms with Crippen molar-refractivity contribution in [3.63, 3.8) is 0 Å². The lowest BCUT2D eigenvalue weighted by atomic mass is 10.1. The van der Waals surface area contributed by atoms with Crippen molar-refractivity contribution in [2.75, 3.05) is 16.4 Å². The van der Waals surface area contributed by atoms with Gasteiger partial charge in [0, 0.05) is 34.1 Å². The summed E-state index contributed by atoms with van der Waals surface area (Å²) in [5.74, 6) is 0.390. The Labute approximate surface area is 183 Å². The molecule has 0 aliphatic rings. The molecule has 0 fully saturated rings. The van der Waals surface area contributed by atoms with Crippen molar-refractivity contribution in [3.05, 3.63) is 70.1 Å². The first kappa shape index (κ1) is 20.7. The summed E-state index contributed by atoms with van der Waals surface area (Å²) in [5.41, 5.74) is 12.0. The number of nitrogens with zero attached hydrogens (tertiary/aromatic N) is 3. The number of aryl methyl sites for hydroxylation is 2. The molecule has 0 aliphatic carbocycles. The largest absolute Gasteiger partial charge is 0.382 e. The number of benzene rings is 1. The van der Waals surface area contributed by atoms with E-state index in [0.717, 1.165) is 27.3 Å². The van der Waals surface area contributed by atoms with Gasteiger partial charge in [-0.3, -0.25) is 4.98 Å². The van der Waals surface area contributed by atoms with Crippen molar-refractivity contribution in [2.24, 2.45) is 0 Å². The van der Waals surface area contributed by atoms with Gasteiger partial charge in [-0.2, -0.15) is 0 Å². The Morgan fingerprint density at radius 1 is 1.23 bits per heavy atom. The summed E-state index contributed by atoms with van der Waals surface area (Å²) in [7, 11) is 0. The van der Waals surface area contributed by atoms with Gasteiger partial charge < -0.3 is 26.9 Å². The maximum Gasteiger partial charge on any atom is 0.153 e. The summed E-state index contributed by atoms with van der Waals surface area (Å²) < 4.78 is 0.739. The van der Waals surface area contributed by atoms with Crippen molar-refractivity contribution < 1.29 is 5.11 Å². The topological polar surface area (TPSA) is 133 Å². The first-order valence-electron chi connectivity index (χ1n) is 9.70. The van der Waals surface area contributed by atoms with Gasteiger partial charge in [0.1, 0.15) is 12.1 Å². The molecule has 0 aliphatic heterocycles. The number of aliphatic hydroxyl groups excluding tert-OH is 1. The van der Waals surface area contributed by atoms with Crippen LogP contribution in [0.15, 0.2) is 42.0 Å². The van der Waals surface area contributed by atoms with Crippen LogP contribution in [0.1, 0.15) is 34.3 Å². The highest BCUT2D eigenvalue weighted by Gasteiger charge is 2.19. The fourth-order valence-corrected chi connectivity index (χ4v) is 4.34. The molecule has 4 rings (SSSR count). The fourth-order valence-electron chi connectivity index (χ4n) is 3.40. The Balaban J connectivity index is 1.62. The SMILES string of the molecule is Cc1cccc(CNc2ccc(C)c(NC(O)c3csc4c(N)ncnc34)c2C=N)n1. The van der Waals surface area contributed by atoms with Gasteiger partial charge in [-0.1, -0.05) is 12.1 Å². The first-order chi connectivity index (χ1) is 15.0. The Kier molecular flexibility index (Phi) is 5.79. The normalized spacial score (nSPS) is 12.0. The van der Waals surface area contributed by atoms with E-state index in [0.29, 0.717) is 34.7 Å². The molecule has 3 heterocycles. The van der Waals surface area contributed by atoms with E-state index in [9.17, 15) is 5.11 Å². The van der Waals surface area contributed by atoms with Crippen LogP contribution in [0, 0.1) is 19.3 Å². The predicted octanol–water partition coefficient (Wildman–Crippen LogP) is 4.00. The molecule has 0 bridgehead atoms. The number of thiophene rings is 1. The number of fused-ring (bicyclic) bond motifs is 1. The minimum Gasteiger partial charge on any atom is -0.382 e. The molecule has 1 unspecified atom stereocenters. The molecule has 4 aromatic rings. The van der Waals surface area contributed by atoms with Gasteiger partial charge in [0.2, 0.25) is 0 Å². The van der Waals surface area contributed by atoms with E-state index in [-0.39, 0.29) is 0 Å². The van der Waals surface area contributed by atoms with Gasteiger partial charge in [0.15, 0.2) is 6.23 Å². The highest BCUT2D eigenvalue weighted by Crippen LogP contribution is 2.34. The van der Waals surface area contributed by atoms with E-state index < -0.39 is 6.23 Å². The van der Waals surface area contributed by atoms with Gasteiger partial charge in [0.25, 0.3) is 0 Å². The van der Waals surface area contributed by atoms with E-state index in [1.807, 2.05) is 49.6 Å². The molecule has 0 amide bonds. The molecule has 31 heavy (non-hydrogen) atoms. The molecular weight excluding hydrogens is 410 g/mol. The van der Waals surface area contributed by atoms with Crippen LogP contribution in [0.2, 0.25) is 0 Å². The molecule has 3 aromatic heterocycles. The lowest BCUT2D eigenvalue weighted by molar-refractivity contribution is 0.210. The summed E-state index contributed by atoms with van der Waals surface area (Å²) in [6.45, 7) is 4.41. The molecule has 1 aromatic carbocycles. The van der Waals surface area contributed by atoms with Crippen LogP contribution in [0.5, 0.6) is 0 Å². The van der Waals surface area contributed by atoms with E-state index >= 15 is 0 Å². The number of aromatic nitrogens is 3. The summed E-state index contributed by atoms with van der Waals surface area (Å²) in [6, 6.07) is 9.75. The van der Waals surface area contributed by atoms with Crippen molar-refractivity contribution >= 4 is 45.0 Å². The third kappa shape index (κ3) is 4.18. The second-order valence-corrected chi connectivity index (χ2v) is 8.04. The Bertz CT molecular complexity index is 1250.